The van der Waals surface area contributed by atoms with Crippen molar-refractivity contribution in [1.29, 1.82) is 0 Å². The first kappa shape index (κ1) is 14.1. The molecule has 0 aliphatic heterocycles. The Bertz CT molecular complexity index is 331. The van der Waals surface area contributed by atoms with Crippen LogP contribution >= 0.6 is 0 Å². The molecule has 1 rings (SSSR count). The van der Waals surface area contributed by atoms with Crippen LogP contribution in [0.5, 0.6) is 0 Å². The fourth-order valence-corrected chi connectivity index (χ4v) is 1.60. The van der Waals surface area contributed by atoms with E-state index in [0.717, 1.165) is 32.0 Å². The molecule has 1 N–H and O–H groups in total. The molecule has 0 aliphatic rings. The van der Waals surface area contributed by atoms with Gasteiger partial charge in [-0.15, -0.1) is 0 Å². The maximum atomic E-state index is 13.2. The van der Waals surface area contributed by atoms with Crippen molar-refractivity contribution in [3.8, 4) is 0 Å². The van der Waals surface area contributed by atoms with Gasteiger partial charge in [-0.1, -0.05) is 0 Å². The lowest BCUT2D eigenvalue weighted by atomic mass is 10.1. The van der Waals surface area contributed by atoms with Crippen LogP contribution in [0.3, 0.4) is 0 Å². The highest BCUT2D eigenvalue weighted by Crippen LogP contribution is 2.12. The largest absolute Gasteiger partial charge is 0.383 e. The summed E-state index contributed by atoms with van der Waals surface area (Å²) in [7, 11) is 1.66. The zero-order chi connectivity index (χ0) is 12.5. The molecule has 0 atom stereocenters. The first-order chi connectivity index (χ1) is 8.24. The van der Waals surface area contributed by atoms with E-state index >= 15 is 0 Å². The minimum absolute atomic E-state index is 0.321. The molecule has 0 heterocycles. The number of rotatable bonds is 8. The van der Waals surface area contributed by atoms with E-state index < -0.39 is 0 Å². The molecule has 96 valence electrons. The van der Waals surface area contributed by atoms with E-state index in [-0.39, 0.29) is 11.6 Å². The van der Waals surface area contributed by atoms with Gasteiger partial charge >= 0.3 is 0 Å². The van der Waals surface area contributed by atoms with Crippen LogP contribution in [0.4, 0.5) is 8.78 Å². The maximum absolute atomic E-state index is 13.2. The van der Waals surface area contributed by atoms with Crippen LogP contribution in [0.2, 0.25) is 0 Å². The molecule has 2 nitrogen and oxygen atoms in total. The van der Waals surface area contributed by atoms with Crippen LogP contribution in [0, 0.1) is 11.6 Å². The third-order valence-corrected chi connectivity index (χ3v) is 2.54. The van der Waals surface area contributed by atoms with Gasteiger partial charge in [0, 0.05) is 13.7 Å². The van der Waals surface area contributed by atoms with Crippen molar-refractivity contribution >= 4 is 0 Å². The molecule has 0 unspecified atom stereocenters. The van der Waals surface area contributed by atoms with Crippen molar-refractivity contribution in [3.63, 3.8) is 0 Å². The molecule has 4 heteroatoms. The summed E-state index contributed by atoms with van der Waals surface area (Å²) in [5.74, 6) is -0.696. The second kappa shape index (κ2) is 8.14. The number of aryl methyl sites for hydroxylation is 1. The molecule has 0 aromatic heterocycles. The molecule has 0 saturated heterocycles. The number of hydrogen-bond donors (Lipinski definition) is 1. The Hall–Kier alpha value is -1.00. The second-order valence-corrected chi connectivity index (χ2v) is 3.94. The standard InChI is InChI=1S/C13H19F2NO/c1-17-9-8-16-7-3-2-4-11-10-12(14)5-6-13(11)15/h5-6,10,16H,2-4,7-9H2,1H3. The lowest BCUT2D eigenvalue weighted by Gasteiger charge is -2.05. The molecule has 0 bridgehead atoms. The molecule has 0 saturated carbocycles. The van der Waals surface area contributed by atoms with Crippen LogP contribution < -0.4 is 5.32 Å². The van der Waals surface area contributed by atoms with Crippen molar-refractivity contribution in [3.05, 3.63) is 35.4 Å². The van der Waals surface area contributed by atoms with Crippen molar-refractivity contribution in [2.45, 2.75) is 19.3 Å². The molecule has 17 heavy (non-hydrogen) atoms. The normalized spacial score (nSPS) is 10.8. The molecule has 0 spiro atoms. The molecule has 0 fully saturated rings. The molecule has 1 aromatic rings. The smallest absolute Gasteiger partial charge is 0.126 e. The lowest BCUT2D eigenvalue weighted by molar-refractivity contribution is 0.199. The quantitative estimate of drug-likeness (QED) is 0.708. The van der Waals surface area contributed by atoms with Gasteiger partial charge in [-0.05, 0) is 49.6 Å². The summed E-state index contributed by atoms with van der Waals surface area (Å²) in [6.45, 7) is 2.39. The highest BCUT2D eigenvalue weighted by atomic mass is 19.1. The summed E-state index contributed by atoms with van der Waals surface area (Å²) in [6, 6.07) is 3.60. The van der Waals surface area contributed by atoms with E-state index in [1.165, 1.54) is 12.1 Å². The topological polar surface area (TPSA) is 21.3 Å². The van der Waals surface area contributed by atoms with E-state index in [0.29, 0.717) is 18.6 Å². The molecule has 0 aliphatic carbocycles. The van der Waals surface area contributed by atoms with Crippen LogP contribution in [-0.4, -0.2) is 26.8 Å². The second-order valence-electron chi connectivity index (χ2n) is 3.94. The predicted molar refractivity (Wildman–Crippen MR) is 64.0 cm³/mol. The van der Waals surface area contributed by atoms with Crippen molar-refractivity contribution < 1.29 is 13.5 Å². The predicted octanol–water partition coefficient (Wildman–Crippen LogP) is 2.52. The average Bonchev–Trinajstić information content (AvgIpc) is 2.32. The third kappa shape index (κ3) is 5.75. The summed E-state index contributed by atoms with van der Waals surface area (Å²) >= 11 is 0. The Morgan fingerprint density at radius 2 is 2.00 bits per heavy atom. The zero-order valence-electron chi connectivity index (χ0n) is 10.1. The number of benzene rings is 1. The molecule has 0 amide bonds. The molecular weight excluding hydrogens is 224 g/mol. The Morgan fingerprint density at radius 1 is 1.18 bits per heavy atom. The maximum Gasteiger partial charge on any atom is 0.126 e. The Labute approximate surface area is 101 Å². The van der Waals surface area contributed by atoms with Crippen molar-refractivity contribution in [1.82, 2.24) is 5.32 Å². The molecule has 1 aromatic carbocycles. The van der Waals surface area contributed by atoms with Gasteiger partial charge in [0.15, 0.2) is 0 Å². The highest BCUT2D eigenvalue weighted by Gasteiger charge is 2.03. The summed E-state index contributed by atoms with van der Waals surface area (Å²) in [4.78, 5) is 0. The van der Waals surface area contributed by atoms with Crippen molar-refractivity contribution in [2.75, 3.05) is 26.8 Å². The number of methoxy groups -OCH3 is 1. The van der Waals surface area contributed by atoms with Crippen LogP contribution in [0.25, 0.3) is 0 Å². The van der Waals surface area contributed by atoms with E-state index in [2.05, 4.69) is 5.32 Å². The van der Waals surface area contributed by atoms with Gasteiger partial charge in [0.1, 0.15) is 11.6 Å². The summed E-state index contributed by atoms with van der Waals surface area (Å²) in [6.07, 6.45) is 2.37. The first-order valence-electron chi connectivity index (χ1n) is 5.87. The highest BCUT2D eigenvalue weighted by molar-refractivity contribution is 5.18. The fourth-order valence-electron chi connectivity index (χ4n) is 1.60. The monoisotopic (exact) mass is 243 g/mol. The Kier molecular flexibility index (Phi) is 6.74. The summed E-state index contributed by atoms with van der Waals surface area (Å²) in [5.41, 5.74) is 0.460. The van der Waals surface area contributed by atoms with Crippen LogP contribution in [0.15, 0.2) is 18.2 Å². The fraction of sp³-hybridized carbons (Fsp3) is 0.538. The third-order valence-electron chi connectivity index (χ3n) is 2.54. The number of ether oxygens (including phenoxy) is 1. The van der Waals surface area contributed by atoms with Crippen molar-refractivity contribution in [2.24, 2.45) is 0 Å². The van der Waals surface area contributed by atoms with Gasteiger partial charge in [0.2, 0.25) is 0 Å². The van der Waals surface area contributed by atoms with Gasteiger partial charge in [0.25, 0.3) is 0 Å². The Morgan fingerprint density at radius 3 is 2.76 bits per heavy atom. The van der Waals surface area contributed by atoms with Gasteiger partial charge < -0.3 is 10.1 Å². The van der Waals surface area contributed by atoms with Gasteiger partial charge in [-0.25, -0.2) is 8.78 Å². The van der Waals surface area contributed by atoms with E-state index in [1.54, 1.807) is 7.11 Å². The SMILES string of the molecule is COCCNCCCCc1cc(F)ccc1F. The van der Waals surface area contributed by atoms with Gasteiger partial charge in [0.05, 0.1) is 6.61 Å². The van der Waals surface area contributed by atoms with Gasteiger partial charge in [-0.2, -0.15) is 0 Å². The number of halogens is 2. The first-order valence-corrected chi connectivity index (χ1v) is 5.87. The summed E-state index contributed by atoms with van der Waals surface area (Å²) < 4.78 is 31.0. The van der Waals surface area contributed by atoms with E-state index in [1.807, 2.05) is 0 Å². The lowest BCUT2D eigenvalue weighted by Crippen LogP contribution is -2.20. The average molecular weight is 243 g/mol. The number of nitrogens with one attached hydrogen (secondary N) is 1. The molecule has 0 radical (unpaired) electrons. The van der Waals surface area contributed by atoms with Crippen LogP contribution in [0.1, 0.15) is 18.4 Å². The zero-order valence-corrected chi connectivity index (χ0v) is 10.1. The van der Waals surface area contributed by atoms with E-state index in [4.69, 9.17) is 4.74 Å². The number of unbranched alkanes of at least 4 members (excludes halogenated alkanes) is 1. The minimum Gasteiger partial charge on any atom is -0.383 e. The molecular formula is C13H19F2NO. The number of hydrogen-bond acceptors (Lipinski definition) is 2. The van der Waals surface area contributed by atoms with Gasteiger partial charge in [-0.3, -0.25) is 0 Å². The summed E-state index contributed by atoms with van der Waals surface area (Å²) in [5, 5.41) is 3.21. The van der Waals surface area contributed by atoms with Crippen LogP contribution in [-0.2, 0) is 11.2 Å². The van der Waals surface area contributed by atoms with E-state index in [9.17, 15) is 8.78 Å². The Balaban J connectivity index is 2.15. The minimum atomic E-state index is -0.375.